The molecule has 0 saturated heterocycles. The van der Waals surface area contributed by atoms with Gasteiger partial charge in [-0.25, -0.2) is 4.98 Å². The summed E-state index contributed by atoms with van der Waals surface area (Å²) in [5.74, 6) is 0.876. The van der Waals surface area contributed by atoms with Gasteiger partial charge in [-0.15, -0.1) is 11.3 Å². The van der Waals surface area contributed by atoms with Crippen LogP contribution >= 0.6 is 11.3 Å². The lowest BCUT2D eigenvalue weighted by Crippen LogP contribution is -2.08. The average Bonchev–Trinajstić information content (AvgIpc) is 3.28. The van der Waals surface area contributed by atoms with Crippen molar-refractivity contribution < 1.29 is 19.0 Å². The molecule has 0 atom stereocenters. The van der Waals surface area contributed by atoms with Crippen LogP contribution in [0, 0.1) is 0 Å². The fourth-order valence-corrected chi connectivity index (χ4v) is 3.18. The molecular formula is C18H19N3O4S. The van der Waals surface area contributed by atoms with Crippen LogP contribution in [0.2, 0.25) is 0 Å². The Morgan fingerprint density at radius 2 is 2.04 bits per heavy atom. The molecule has 0 N–H and O–H groups in total. The van der Waals surface area contributed by atoms with Gasteiger partial charge in [0.1, 0.15) is 11.6 Å². The molecule has 0 saturated carbocycles. The molecule has 0 aliphatic rings. The lowest BCUT2D eigenvalue weighted by Gasteiger charge is -2.09. The van der Waals surface area contributed by atoms with Crippen molar-refractivity contribution in [3.63, 3.8) is 0 Å². The van der Waals surface area contributed by atoms with Crippen molar-refractivity contribution >= 4 is 17.3 Å². The fraction of sp³-hybridized carbons (Fsp3) is 0.278. The number of aromatic nitrogens is 3. The Hall–Kier alpha value is -2.87. The zero-order chi connectivity index (χ0) is 18.5. The molecule has 0 unspecified atom stereocenters. The number of carbonyl (C=O) groups excluding carboxylic acids is 1. The van der Waals surface area contributed by atoms with E-state index in [9.17, 15) is 4.79 Å². The first-order valence-corrected chi connectivity index (χ1v) is 8.77. The quantitative estimate of drug-likeness (QED) is 0.593. The number of hydrogen-bond donors (Lipinski definition) is 0. The standard InChI is InChI=1S/C18H19N3O4S/c1-21-9-13(8-19-21)18-20-14(11-26-18)10-25-17(22)7-12-4-5-15(23-2)16(6-12)24-3/h4-6,8-9,11H,7,10H2,1-3H3. The Morgan fingerprint density at radius 1 is 1.23 bits per heavy atom. The van der Waals surface area contributed by atoms with Gasteiger partial charge in [-0.3, -0.25) is 9.48 Å². The molecule has 0 spiro atoms. The lowest BCUT2D eigenvalue weighted by molar-refractivity contribution is -0.144. The fourth-order valence-electron chi connectivity index (χ4n) is 2.40. The molecule has 2 aromatic heterocycles. The van der Waals surface area contributed by atoms with Gasteiger partial charge in [0.2, 0.25) is 0 Å². The van der Waals surface area contributed by atoms with Gasteiger partial charge in [0.15, 0.2) is 11.5 Å². The number of hydrogen-bond acceptors (Lipinski definition) is 7. The van der Waals surface area contributed by atoms with E-state index in [4.69, 9.17) is 14.2 Å². The number of aryl methyl sites for hydroxylation is 1. The van der Waals surface area contributed by atoms with E-state index in [1.54, 1.807) is 37.2 Å². The van der Waals surface area contributed by atoms with E-state index in [2.05, 4.69) is 10.1 Å². The van der Waals surface area contributed by atoms with E-state index in [-0.39, 0.29) is 19.0 Å². The highest BCUT2D eigenvalue weighted by Gasteiger charge is 2.11. The maximum atomic E-state index is 12.1. The second kappa shape index (κ2) is 8.01. The third-order valence-electron chi connectivity index (χ3n) is 3.68. The van der Waals surface area contributed by atoms with Gasteiger partial charge >= 0.3 is 5.97 Å². The number of carbonyl (C=O) groups is 1. The maximum Gasteiger partial charge on any atom is 0.310 e. The molecule has 7 nitrogen and oxygen atoms in total. The van der Waals surface area contributed by atoms with Crippen LogP contribution in [0.15, 0.2) is 36.0 Å². The monoisotopic (exact) mass is 373 g/mol. The highest BCUT2D eigenvalue weighted by molar-refractivity contribution is 7.13. The highest BCUT2D eigenvalue weighted by atomic mass is 32.1. The Labute approximate surface area is 155 Å². The van der Waals surface area contributed by atoms with Crippen LogP contribution in [0.5, 0.6) is 11.5 Å². The molecule has 1 aromatic carbocycles. The summed E-state index contributed by atoms with van der Waals surface area (Å²) >= 11 is 1.49. The highest BCUT2D eigenvalue weighted by Crippen LogP contribution is 2.28. The molecule has 8 heteroatoms. The third kappa shape index (κ3) is 4.20. The number of nitrogens with zero attached hydrogens (tertiary/aromatic N) is 3. The minimum atomic E-state index is -0.326. The average molecular weight is 373 g/mol. The van der Waals surface area contributed by atoms with Gasteiger partial charge in [0, 0.05) is 24.2 Å². The van der Waals surface area contributed by atoms with Gasteiger partial charge < -0.3 is 14.2 Å². The van der Waals surface area contributed by atoms with E-state index >= 15 is 0 Å². The normalized spacial score (nSPS) is 10.6. The summed E-state index contributed by atoms with van der Waals surface area (Å²) < 4.78 is 17.5. The summed E-state index contributed by atoms with van der Waals surface area (Å²) in [5, 5.41) is 6.86. The summed E-state index contributed by atoms with van der Waals surface area (Å²) in [7, 11) is 4.98. The molecule has 0 aliphatic heterocycles. The number of methoxy groups -OCH3 is 2. The first-order valence-electron chi connectivity index (χ1n) is 7.89. The smallest absolute Gasteiger partial charge is 0.310 e. The van der Waals surface area contributed by atoms with Crippen LogP contribution < -0.4 is 9.47 Å². The summed E-state index contributed by atoms with van der Waals surface area (Å²) in [6.45, 7) is 0.142. The Kier molecular flexibility index (Phi) is 5.52. The predicted octanol–water partition coefficient (Wildman–Crippen LogP) is 2.85. The summed E-state index contributed by atoms with van der Waals surface area (Å²) in [5.41, 5.74) is 2.46. The SMILES string of the molecule is COc1ccc(CC(=O)OCc2csc(-c3cnn(C)c3)n2)cc1OC. The Bertz CT molecular complexity index is 903. The topological polar surface area (TPSA) is 75.5 Å². The van der Waals surface area contributed by atoms with E-state index < -0.39 is 0 Å². The molecule has 3 aromatic rings. The van der Waals surface area contributed by atoms with Crippen LogP contribution in [0.25, 0.3) is 10.6 Å². The van der Waals surface area contributed by atoms with Gasteiger partial charge in [-0.1, -0.05) is 6.07 Å². The molecule has 0 fully saturated rings. The first kappa shape index (κ1) is 17.9. The predicted molar refractivity (Wildman–Crippen MR) is 97.4 cm³/mol. The minimum absolute atomic E-state index is 0.142. The van der Waals surface area contributed by atoms with Crippen LogP contribution in [-0.4, -0.2) is 35.0 Å². The Morgan fingerprint density at radius 3 is 2.73 bits per heavy atom. The molecule has 0 radical (unpaired) electrons. The first-order chi connectivity index (χ1) is 12.6. The number of benzene rings is 1. The second-order valence-electron chi connectivity index (χ2n) is 5.57. The van der Waals surface area contributed by atoms with Gasteiger partial charge in [0.05, 0.1) is 32.5 Å². The molecular weight excluding hydrogens is 354 g/mol. The van der Waals surface area contributed by atoms with E-state index in [0.29, 0.717) is 11.5 Å². The second-order valence-corrected chi connectivity index (χ2v) is 6.43. The zero-order valence-corrected chi connectivity index (χ0v) is 15.6. The van der Waals surface area contributed by atoms with Crippen molar-refractivity contribution in [2.45, 2.75) is 13.0 Å². The van der Waals surface area contributed by atoms with Gasteiger partial charge in [0.25, 0.3) is 0 Å². The number of thiazole rings is 1. The van der Waals surface area contributed by atoms with Crippen LogP contribution in [0.1, 0.15) is 11.3 Å². The summed E-state index contributed by atoms with van der Waals surface area (Å²) in [6, 6.07) is 5.34. The van der Waals surface area contributed by atoms with Crippen molar-refractivity contribution in [1.82, 2.24) is 14.8 Å². The van der Waals surface area contributed by atoms with Crippen LogP contribution in [0.4, 0.5) is 0 Å². The molecule has 0 bridgehead atoms. The van der Waals surface area contributed by atoms with E-state index in [0.717, 1.165) is 21.8 Å². The molecule has 3 rings (SSSR count). The van der Waals surface area contributed by atoms with Crippen molar-refractivity contribution in [3.8, 4) is 22.1 Å². The molecule has 136 valence electrons. The molecule has 26 heavy (non-hydrogen) atoms. The number of ether oxygens (including phenoxy) is 3. The largest absolute Gasteiger partial charge is 0.493 e. The Balaban J connectivity index is 1.57. The third-order valence-corrected chi connectivity index (χ3v) is 4.62. The van der Waals surface area contributed by atoms with E-state index in [1.807, 2.05) is 24.7 Å². The van der Waals surface area contributed by atoms with Crippen LogP contribution in [-0.2, 0) is 29.6 Å². The van der Waals surface area contributed by atoms with Crippen LogP contribution in [0.3, 0.4) is 0 Å². The summed E-state index contributed by atoms with van der Waals surface area (Å²) in [6.07, 6.45) is 3.80. The minimum Gasteiger partial charge on any atom is -0.493 e. The van der Waals surface area contributed by atoms with E-state index in [1.165, 1.54) is 11.3 Å². The van der Waals surface area contributed by atoms with Gasteiger partial charge in [-0.05, 0) is 17.7 Å². The maximum absolute atomic E-state index is 12.1. The summed E-state index contributed by atoms with van der Waals surface area (Å²) in [4.78, 5) is 16.6. The van der Waals surface area contributed by atoms with Crippen molar-refractivity contribution in [2.24, 2.45) is 7.05 Å². The molecule has 0 aliphatic carbocycles. The molecule has 0 amide bonds. The van der Waals surface area contributed by atoms with Crippen molar-refractivity contribution in [1.29, 1.82) is 0 Å². The van der Waals surface area contributed by atoms with Crippen molar-refractivity contribution in [2.75, 3.05) is 14.2 Å². The number of esters is 1. The molecule has 2 heterocycles. The van der Waals surface area contributed by atoms with Crippen molar-refractivity contribution in [3.05, 3.63) is 47.2 Å². The number of rotatable bonds is 7. The lowest BCUT2D eigenvalue weighted by atomic mass is 10.1. The van der Waals surface area contributed by atoms with Gasteiger partial charge in [-0.2, -0.15) is 5.10 Å². The zero-order valence-electron chi connectivity index (χ0n) is 14.8.